The zero-order valence-electron chi connectivity index (χ0n) is 14.6. The lowest BCUT2D eigenvalue weighted by atomic mass is 10.0. The molecule has 0 bridgehead atoms. The zero-order chi connectivity index (χ0) is 17.9. The average molecular weight is 351 g/mol. The van der Waals surface area contributed by atoms with Crippen LogP contribution in [0.15, 0.2) is 43.1 Å². The van der Waals surface area contributed by atoms with E-state index in [1.165, 1.54) is 0 Å². The third kappa shape index (κ3) is 3.30. The van der Waals surface area contributed by atoms with E-state index in [9.17, 15) is 4.79 Å². The minimum atomic E-state index is -0.0801. The summed E-state index contributed by atoms with van der Waals surface area (Å²) in [6.07, 6.45) is 9.98. The minimum Gasteiger partial charge on any atom is -0.356 e. The van der Waals surface area contributed by atoms with Gasteiger partial charge in [-0.25, -0.2) is 9.97 Å². The molecular weight excluding hydrogens is 330 g/mol. The lowest BCUT2D eigenvalue weighted by Gasteiger charge is -2.16. The van der Waals surface area contributed by atoms with Gasteiger partial charge in [-0.05, 0) is 18.6 Å². The van der Waals surface area contributed by atoms with E-state index in [0.29, 0.717) is 18.0 Å². The predicted octanol–water partition coefficient (Wildman–Crippen LogP) is 1.46. The summed E-state index contributed by atoms with van der Waals surface area (Å²) in [6.45, 7) is 2.20. The minimum absolute atomic E-state index is 0.0801. The Morgan fingerprint density at radius 2 is 2.23 bits per heavy atom. The summed E-state index contributed by atoms with van der Waals surface area (Å²) < 4.78 is 1.86. The Labute approximate surface area is 151 Å². The molecule has 0 saturated carbocycles. The molecule has 1 aliphatic rings. The van der Waals surface area contributed by atoms with Gasteiger partial charge in [-0.3, -0.25) is 9.89 Å². The van der Waals surface area contributed by atoms with Crippen molar-refractivity contribution in [2.24, 2.45) is 7.05 Å². The van der Waals surface area contributed by atoms with Crippen LogP contribution in [-0.4, -0.2) is 43.7 Å². The summed E-state index contributed by atoms with van der Waals surface area (Å²) in [7, 11) is 1.90. The van der Waals surface area contributed by atoms with Crippen LogP contribution in [0.1, 0.15) is 34.0 Å². The highest BCUT2D eigenvalue weighted by Crippen LogP contribution is 2.29. The molecule has 1 atom stereocenters. The van der Waals surface area contributed by atoms with Crippen LogP contribution in [0.25, 0.3) is 0 Å². The fourth-order valence-electron chi connectivity index (χ4n) is 3.36. The molecule has 1 fully saturated rings. The van der Waals surface area contributed by atoms with Crippen LogP contribution in [0.2, 0.25) is 0 Å². The van der Waals surface area contributed by atoms with Gasteiger partial charge >= 0.3 is 0 Å². The molecule has 4 rings (SSSR count). The van der Waals surface area contributed by atoms with Gasteiger partial charge in [0, 0.05) is 68.6 Å². The Morgan fingerprint density at radius 3 is 3.00 bits per heavy atom. The molecular formula is C18H21N7O. The van der Waals surface area contributed by atoms with Gasteiger partial charge in [0.2, 0.25) is 5.95 Å². The van der Waals surface area contributed by atoms with Crippen LogP contribution in [0.5, 0.6) is 0 Å². The molecule has 2 N–H and O–H groups in total. The summed E-state index contributed by atoms with van der Waals surface area (Å²) in [4.78, 5) is 23.1. The van der Waals surface area contributed by atoms with Gasteiger partial charge in [0.05, 0.1) is 11.8 Å². The van der Waals surface area contributed by atoms with Gasteiger partial charge < -0.3 is 14.8 Å². The third-order valence-electron chi connectivity index (χ3n) is 4.72. The first kappa shape index (κ1) is 16.3. The van der Waals surface area contributed by atoms with E-state index in [2.05, 4.69) is 30.4 Å². The molecule has 0 spiro atoms. The van der Waals surface area contributed by atoms with E-state index < -0.39 is 0 Å². The Bertz CT molecular complexity index is 886. The van der Waals surface area contributed by atoms with Crippen molar-refractivity contribution < 1.29 is 4.79 Å². The first-order valence-electron chi connectivity index (χ1n) is 8.65. The summed E-state index contributed by atoms with van der Waals surface area (Å²) in [5.74, 6) is 1.00. The van der Waals surface area contributed by atoms with Crippen molar-refractivity contribution in [1.82, 2.24) is 30.0 Å². The number of amides is 1. The number of carbonyl (C=O) groups excluding carboxylic acids is 1. The third-order valence-corrected chi connectivity index (χ3v) is 4.72. The molecule has 0 radical (unpaired) electrons. The molecule has 8 nitrogen and oxygen atoms in total. The Hall–Kier alpha value is -3.16. The van der Waals surface area contributed by atoms with Gasteiger partial charge in [-0.1, -0.05) is 0 Å². The van der Waals surface area contributed by atoms with E-state index >= 15 is 0 Å². The summed E-state index contributed by atoms with van der Waals surface area (Å²) in [5.41, 5.74) is 2.76. The quantitative estimate of drug-likeness (QED) is 0.726. The highest BCUT2D eigenvalue weighted by atomic mass is 16.1. The number of anilines is 1. The van der Waals surface area contributed by atoms with E-state index in [-0.39, 0.29) is 5.91 Å². The van der Waals surface area contributed by atoms with Crippen molar-refractivity contribution in [2.45, 2.75) is 18.9 Å². The van der Waals surface area contributed by atoms with E-state index in [1.807, 2.05) is 23.9 Å². The molecule has 1 amide bonds. The fourth-order valence-corrected chi connectivity index (χ4v) is 3.36. The fraction of sp³-hybridized carbons (Fsp3) is 0.333. The van der Waals surface area contributed by atoms with Crippen LogP contribution in [0.4, 0.5) is 5.95 Å². The first-order chi connectivity index (χ1) is 12.7. The van der Waals surface area contributed by atoms with Crippen molar-refractivity contribution in [3.63, 3.8) is 0 Å². The van der Waals surface area contributed by atoms with E-state index in [4.69, 9.17) is 0 Å². The normalized spacial score (nSPS) is 16.8. The molecule has 1 unspecified atom stereocenters. The molecule has 4 heterocycles. The van der Waals surface area contributed by atoms with Gasteiger partial charge in [-0.2, -0.15) is 5.10 Å². The maximum Gasteiger partial charge on any atom is 0.253 e. The highest BCUT2D eigenvalue weighted by Gasteiger charge is 2.28. The Kier molecular flexibility index (Phi) is 4.39. The molecule has 0 aliphatic carbocycles. The number of nitrogens with zero attached hydrogens (tertiary/aromatic N) is 5. The number of rotatable bonds is 5. The van der Waals surface area contributed by atoms with Crippen LogP contribution in [-0.2, 0) is 13.6 Å². The van der Waals surface area contributed by atoms with E-state index in [0.717, 1.165) is 36.7 Å². The van der Waals surface area contributed by atoms with Crippen molar-refractivity contribution >= 4 is 11.9 Å². The second-order valence-corrected chi connectivity index (χ2v) is 6.54. The molecule has 8 heteroatoms. The van der Waals surface area contributed by atoms with Crippen LogP contribution >= 0.6 is 0 Å². The average Bonchev–Trinajstić information content (AvgIpc) is 3.40. The highest BCUT2D eigenvalue weighted by molar-refractivity contribution is 5.93. The van der Waals surface area contributed by atoms with Gasteiger partial charge in [-0.15, -0.1) is 0 Å². The van der Waals surface area contributed by atoms with E-state index in [1.54, 1.807) is 30.9 Å². The number of hydrogen-bond acceptors (Lipinski definition) is 5. The van der Waals surface area contributed by atoms with Gasteiger partial charge in [0.1, 0.15) is 0 Å². The standard InChI is InChI=1S/C18H21N7O/c1-24-7-3-14(11-24)17(26)21-9-15-10-22-23-16(15)13-4-8-25(12-13)18-19-5-2-6-20-18/h2-3,5-7,10-11,13H,4,8-9,12H2,1H3,(H,21,26)(H,22,23). The number of hydrogen-bond donors (Lipinski definition) is 2. The predicted molar refractivity (Wildman–Crippen MR) is 96.8 cm³/mol. The van der Waals surface area contributed by atoms with Gasteiger partial charge in [0.25, 0.3) is 5.91 Å². The molecule has 134 valence electrons. The number of nitrogens with one attached hydrogen (secondary N) is 2. The zero-order valence-corrected chi connectivity index (χ0v) is 14.6. The smallest absolute Gasteiger partial charge is 0.253 e. The number of carbonyl (C=O) groups is 1. The lowest BCUT2D eigenvalue weighted by Crippen LogP contribution is -2.24. The van der Waals surface area contributed by atoms with Crippen LogP contribution in [0.3, 0.4) is 0 Å². The van der Waals surface area contributed by atoms with Gasteiger partial charge in [0.15, 0.2) is 0 Å². The maximum absolute atomic E-state index is 12.2. The molecule has 3 aromatic heterocycles. The second-order valence-electron chi connectivity index (χ2n) is 6.54. The Morgan fingerprint density at radius 1 is 1.38 bits per heavy atom. The van der Waals surface area contributed by atoms with Crippen molar-refractivity contribution in [3.05, 3.63) is 59.9 Å². The molecule has 26 heavy (non-hydrogen) atoms. The number of aromatic nitrogens is 5. The monoisotopic (exact) mass is 351 g/mol. The van der Waals surface area contributed by atoms with Crippen molar-refractivity contribution in [3.8, 4) is 0 Å². The Balaban J connectivity index is 1.40. The van der Waals surface area contributed by atoms with Crippen molar-refractivity contribution in [1.29, 1.82) is 0 Å². The largest absolute Gasteiger partial charge is 0.356 e. The molecule has 1 saturated heterocycles. The topological polar surface area (TPSA) is 91.7 Å². The lowest BCUT2D eigenvalue weighted by molar-refractivity contribution is 0.0951. The summed E-state index contributed by atoms with van der Waals surface area (Å²) >= 11 is 0. The summed E-state index contributed by atoms with van der Waals surface area (Å²) in [5, 5.41) is 10.3. The van der Waals surface area contributed by atoms with Crippen LogP contribution in [0, 0.1) is 0 Å². The molecule has 0 aromatic carbocycles. The van der Waals surface area contributed by atoms with Crippen LogP contribution < -0.4 is 10.2 Å². The number of aryl methyl sites for hydroxylation is 1. The SMILES string of the molecule is Cn1ccc(C(=O)NCc2cn[nH]c2C2CCN(c3ncccn3)C2)c1. The number of aromatic amines is 1. The van der Waals surface area contributed by atoms with Crippen molar-refractivity contribution in [2.75, 3.05) is 18.0 Å². The first-order valence-corrected chi connectivity index (χ1v) is 8.65. The molecule has 1 aliphatic heterocycles. The molecule has 3 aromatic rings. The number of H-pyrrole nitrogens is 1. The maximum atomic E-state index is 12.2. The second kappa shape index (κ2) is 6.99. The summed E-state index contributed by atoms with van der Waals surface area (Å²) in [6, 6.07) is 3.62.